The van der Waals surface area contributed by atoms with E-state index >= 15 is 0 Å². The molecular formula is C19H23ClFN5O2S. The topological polar surface area (TPSA) is 63.5 Å². The molecule has 4 rings (SSSR count). The van der Waals surface area contributed by atoms with E-state index in [9.17, 15) is 9.18 Å². The lowest BCUT2D eigenvalue weighted by Crippen LogP contribution is -2.43. The van der Waals surface area contributed by atoms with Crippen molar-refractivity contribution in [3.63, 3.8) is 0 Å². The minimum atomic E-state index is -0.310. The lowest BCUT2D eigenvalue weighted by Gasteiger charge is -2.29. The fraction of sp³-hybridized carbons (Fsp3) is 0.421. The SMILES string of the molecule is CCn1ccc(C(=O)N(CCN2CCOCC2)c2nc3ccc(F)cc3s2)n1.Cl. The molecular weight excluding hydrogens is 417 g/mol. The molecule has 1 fully saturated rings. The highest BCUT2D eigenvalue weighted by Gasteiger charge is 2.24. The van der Waals surface area contributed by atoms with Gasteiger partial charge in [0.25, 0.3) is 5.91 Å². The number of carbonyl (C=O) groups is 1. The van der Waals surface area contributed by atoms with Gasteiger partial charge in [0.1, 0.15) is 5.82 Å². The van der Waals surface area contributed by atoms with Crippen LogP contribution in [-0.2, 0) is 11.3 Å². The van der Waals surface area contributed by atoms with Gasteiger partial charge < -0.3 is 4.74 Å². The standard InChI is InChI=1S/C19H22FN5O2S.ClH/c1-2-24-6-5-16(22-24)18(26)25(8-7-23-9-11-27-12-10-23)19-21-15-4-3-14(20)13-17(15)28-19;/h3-6,13H,2,7-12H2,1H3;1H. The van der Waals surface area contributed by atoms with Crippen LogP contribution in [0, 0.1) is 5.82 Å². The predicted octanol–water partition coefficient (Wildman–Crippen LogP) is 3.05. The average molecular weight is 440 g/mol. The summed E-state index contributed by atoms with van der Waals surface area (Å²) >= 11 is 1.32. The number of anilines is 1. The molecule has 0 N–H and O–H groups in total. The molecule has 0 atom stereocenters. The maximum Gasteiger partial charge on any atom is 0.280 e. The first-order valence-corrected chi connectivity index (χ1v) is 10.2. The Kier molecular flexibility index (Phi) is 7.18. The second-order valence-corrected chi connectivity index (χ2v) is 7.59. The highest BCUT2D eigenvalue weighted by Crippen LogP contribution is 2.30. The quantitative estimate of drug-likeness (QED) is 0.590. The molecule has 1 amide bonds. The third kappa shape index (κ3) is 4.92. The molecule has 29 heavy (non-hydrogen) atoms. The zero-order valence-electron chi connectivity index (χ0n) is 16.1. The van der Waals surface area contributed by atoms with E-state index in [1.165, 1.54) is 23.5 Å². The monoisotopic (exact) mass is 439 g/mol. The smallest absolute Gasteiger partial charge is 0.280 e. The number of fused-ring (bicyclic) bond motifs is 1. The Bertz CT molecular complexity index is 973. The van der Waals surface area contributed by atoms with E-state index in [0.717, 1.165) is 17.8 Å². The molecule has 0 spiro atoms. The third-order valence-electron chi connectivity index (χ3n) is 4.74. The average Bonchev–Trinajstić information content (AvgIpc) is 3.35. The zero-order valence-corrected chi connectivity index (χ0v) is 17.7. The van der Waals surface area contributed by atoms with Crippen molar-refractivity contribution in [2.24, 2.45) is 0 Å². The zero-order chi connectivity index (χ0) is 19.5. The molecule has 1 saturated heterocycles. The number of ether oxygens (including phenoxy) is 1. The third-order valence-corrected chi connectivity index (χ3v) is 5.78. The van der Waals surface area contributed by atoms with Crippen LogP contribution in [0.3, 0.4) is 0 Å². The molecule has 0 saturated carbocycles. The Balaban J connectivity index is 0.00000240. The van der Waals surface area contributed by atoms with E-state index in [1.807, 2.05) is 6.92 Å². The maximum atomic E-state index is 13.6. The van der Waals surface area contributed by atoms with Crippen LogP contribution < -0.4 is 4.90 Å². The second-order valence-electron chi connectivity index (χ2n) is 6.58. The van der Waals surface area contributed by atoms with Gasteiger partial charge in [-0.15, -0.1) is 12.4 Å². The Morgan fingerprint density at radius 3 is 2.83 bits per heavy atom. The summed E-state index contributed by atoms with van der Waals surface area (Å²) in [5, 5.41) is 4.91. The number of hydrogen-bond acceptors (Lipinski definition) is 6. The van der Waals surface area contributed by atoms with Gasteiger partial charge in [0, 0.05) is 38.9 Å². The van der Waals surface area contributed by atoms with Crippen LogP contribution in [0.4, 0.5) is 9.52 Å². The molecule has 0 radical (unpaired) electrons. The Morgan fingerprint density at radius 2 is 2.10 bits per heavy atom. The normalized spacial score (nSPS) is 14.7. The summed E-state index contributed by atoms with van der Waals surface area (Å²) < 4.78 is 21.4. The number of thiazole rings is 1. The molecule has 1 aliphatic heterocycles. The van der Waals surface area contributed by atoms with E-state index in [2.05, 4.69) is 15.0 Å². The minimum absolute atomic E-state index is 0. The van der Waals surface area contributed by atoms with Gasteiger partial charge in [0.05, 0.1) is 23.4 Å². The molecule has 1 aromatic carbocycles. The summed E-state index contributed by atoms with van der Waals surface area (Å²) in [6, 6.07) is 6.20. The molecule has 2 aromatic heterocycles. The Hall–Kier alpha value is -2.07. The first-order chi connectivity index (χ1) is 13.6. The first kappa shape index (κ1) is 21.6. The summed E-state index contributed by atoms with van der Waals surface area (Å²) in [4.78, 5) is 21.7. The van der Waals surface area contributed by atoms with Crippen LogP contribution in [0.2, 0.25) is 0 Å². The highest BCUT2D eigenvalue weighted by atomic mass is 35.5. The van der Waals surface area contributed by atoms with Gasteiger partial charge in [-0.05, 0) is 31.2 Å². The summed E-state index contributed by atoms with van der Waals surface area (Å²) in [6.45, 7) is 6.97. The summed E-state index contributed by atoms with van der Waals surface area (Å²) in [6.07, 6.45) is 1.79. The van der Waals surface area contributed by atoms with E-state index in [-0.39, 0.29) is 24.1 Å². The maximum absolute atomic E-state index is 13.6. The largest absolute Gasteiger partial charge is 0.379 e. The number of nitrogens with zero attached hydrogens (tertiary/aromatic N) is 5. The van der Waals surface area contributed by atoms with E-state index in [4.69, 9.17) is 4.74 Å². The molecule has 3 aromatic rings. The molecule has 0 unspecified atom stereocenters. The fourth-order valence-electron chi connectivity index (χ4n) is 3.14. The van der Waals surface area contributed by atoms with Gasteiger partial charge in [-0.2, -0.15) is 5.10 Å². The van der Waals surface area contributed by atoms with Crippen LogP contribution in [-0.4, -0.2) is 65.0 Å². The number of morpholine rings is 1. The summed E-state index contributed by atoms with van der Waals surface area (Å²) in [7, 11) is 0. The number of hydrogen-bond donors (Lipinski definition) is 0. The highest BCUT2D eigenvalue weighted by molar-refractivity contribution is 7.22. The number of aromatic nitrogens is 3. The van der Waals surface area contributed by atoms with Crippen molar-refractivity contribution in [2.45, 2.75) is 13.5 Å². The van der Waals surface area contributed by atoms with Crippen LogP contribution in [0.1, 0.15) is 17.4 Å². The fourth-order valence-corrected chi connectivity index (χ4v) is 4.16. The molecule has 3 heterocycles. The van der Waals surface area contributed by atoms with Gasteiger partial charge in [-0.3, -0.25) is 19.3 Å². The van der Waals surface area contributed by atoms with Crippen LogP contribution in [0.25, 0.3) is 10.2 Å². The van der Waals surface area contributed by atoms with Crippen molar-refractivity contribution in [3.05, 3.63) is 42.0 Å². The molecule has 156 valence electrons. The Morgan fingerprint density at radius 1 is 1.31 bits per heavy atom. The molecule has 0 bridgehead atoms. The number of amides is 1. The lowest BCUT2D eigenvalue weighted by atomic mass is 10.3. The predicted molar refractivity (Wildman–Crippen MR) is 114 cm³/mol. The van der Waals surface area contributed by atoms with E-state index in [1.54, 1.807) is 27.9 Å². The van der Waals surface area contributed by atoms with Crippen LogP contribution in [0.15, 0.2) is 30.5 Å². The number of benzene rings is 1. The van der Waals surface area contributed by atoms with Gasteiger partial charge in [-0.25, -0.2) is 9.37 Å². The van der Waals surface area contributed by atoms with Crippen LogP contribution in [0.5, 0.6) is 0 Å². The summed E-state index contributed by atoms with van der Waals surface area (Å²) in [5.41, 5.74) is 1.07. The van der Waals surface area contributed by atoms with Crippen molar-refractivity contribution in [3.8, 4) is 0 Å². The van der Waals surface area contributed by atoms with Crippen molar-refractivity contribution in [2.75, 3.05) is 44.3 Å². The van der Waals surface area contributed by atoms with Gasteiger partial charge in [0.15, 0.2) is 10.8 Å². The molecule has 0 aliphatic carbocycles. The van der Waals surface area contributed by atoms with Gasteiger partial charge >= 0.3 is 0 Å². The van der Waals surface area contributed by atoms with Crippen molar-refractivity contribution >= 4 is 45.0 Å². The number of aryl methyl sites for hydroxylation is 1. The minimum Gasteiger partial charge on any atom is -0.379 e. The summed E-state index contributed by atoms with van der Waals surface area (Å²) in [5.74, 6) is -0.504. The first-order valence-electron chi connectivity index (χ1n) is 9.35. The van der Waals surface area contributed by atoms with Crippen molar-refractivity contribution < 1.29 is 13.9 Å². The van der Waals surface area contributed by atoms with E-state index < -0.39 is 0 Å². The van der Waals surface area contributed by atoms with Gasteiger partial charge in [-0.1, -0.05) is 11.3 Å². The molecule has 1 aliphatic rings. The molecule has 10 heteroatoms. The lowest BCUT2D eigenvalue weighted by molar-refractivity contribution is 0.0391. The second kappa shape index (κ2) is 9.62. The number of halogens is 2. The van der Waals surface area contributed by atoms with Crippen LogP contribution >= 0.6 is 23.7 Å². The van der Waals surface area contributed by atoms with Gasteiger partial charge in [0.2, 0.25) is 0 Å². The Labute approximate surface area is 178 Å². The van der Waals surface area contributed by atoms with E-state index in [0.29, 0.717) is 49.2 Å². The van der Waals surface area contributed by atoms with Crippen molar-refractivity contribution in [1.82, 2.24) is 19.7 Å². The number of carbonyl (C=O) groups excluding carboxylic acids is 1. The number of rotatable bonds is 6. The van der Waals surface area contributed by atoms with Crippen molar-refractivity contribution in [1.29, 1.82) is 0 Å². The molecule has 7 nitrogen and oxygen atoms in total.